The van der Waals surface area contributed by atoms with E-state index in [4.69, 9.17) is 39.9 Å². The minimum atomic E-state index is -1.09. The Bertz CT molecular complexity index is 891. The van der Waals surface area contributed by atoms with Crippen molar-refractivity contribution in [2.75, 3.05) is 0 Å². The van der Waals surface area contributed by atoms with E-state index in [1.165, 1.54) is 6.07 Å². The van der Waals surface area contributed by atoms with Crippen LogP contribution in [0.3, 0.4) is 0 Å². The lowest BCUT2D eigenvalue weighted by molar-refractivity contribution is 0.0689. The number of halogens is 3. The molecule has 0 aliphatic heterocycles. The first kappa shape index (κ1) is 16.8. The van der Waals surface area contributed by atoms with Crippen LogP contribution in [-0.4, -0.2) is 20.9 Å². The number of benzene rings is 2. The van der Waals surface area contributed by atoms with Gasteiger partial charge in [-0.25, -0.2) is 4.79 Å². The molecule has 0 spiro atoms. The molecule has 1 N–H and O–H groups in total. The van der Waals surface area contributed by atoms with Crippen molar-refractivity contribution in [3.8, 4) is 0 Å². The van der Waals surface area contributed by atoms with Crippen LogP contribution in [0, 0.1) is 0 Å². The lowest BCUT2D eigenvalue weighted by Crippen LogP contribution is -2.14. The van der Waals surface area contributed by atoms with Gasteiger partial charge < -0.3 is 5.11 Å². The first-order chi connectivity index (χ1) is 11.5. The maximum absolute atomic E-state index is 11.1. The molecule has 3 rings (SSSR count). The lowest BCUT2D eigenvalue weighted by atomic mass is 9.99. The topological polar surface area (TPSA) is 55.1 Å². The molecule has 24 heavy (non-hydrogen) atoms. The van der Waals surface area contributed by atoms with Gasteiger partial charge in [-0.3, -0.25) is 4.68 Å². The quantitative estimate of drug-likeness (QED) is 0.677. The molecule has 1 unspecified atom stereocenters. The summed E-state index contributed by atoms with van der Waals surface area (Å²) in [7, 11) is 0. The van der Waals surface area contributed by atoms with E-state index in [9.17, 15) is 4.79 Å². The first-order valence-corrected chi connectivity index (χ1v) is 8.08. The van der Waals surface area contributed by atoms with E-state index in [0.717, 1.165) is 11.1 Å². The van der Waals surface area contributed by atoms with Crippen molar-refractivity contribution in [2.24, 2.45) is 0 Å². The van der Waals surface area contributed by atoms with Gasteiger partial charge in [0.1, 0.15) is 6.04 Å². The van der Waals surface area contributed by atoms with Crippen LogP contribution >= 0.6 is 34.8 Å². The molecule has 1 heterocycles. The molecule has 2 aromatic carbocycles. The SMILES string of the molecule is O=C(O)c1ccn(C(c2ccc(Cl)cc2)c2ccc(Cl)cc2Cl)n1. The normalized spacial score (nSPS) is 12.1. The summed E-state index contributed by atoms with van der Waals surface area (Å²) in [4.78, 5) is 11.1. The Morgan fingerprint density at radius 3 is 2.25 bits per heavy atom. The summed E-state index contributed by atoms with van der Waals surface area (Å²) in [6.07, 6.45) is 1.60. The Kier molecular flexibility index (Phi) is 4.81. The van der Waals surface area contributed by atoms with Crippen LogP contribution in [0.25, 0.3) is 0 Å². The van der Waals surface area contributed by atoms with Gasteiger partial charge in [0.15, 0.2) is 5.69 Å². The summed E-state index contributed by atoms with van der Waals surface area (Å²) in [5, 5.41) is 14.8. The van der Waals surface area contributed by atoms with E-state index in [-0.39, 0.29) is 5.69 Å². The van der Waals surface area contributed by atoms with Crippen LogP contribution in [0.5, 0.6) is 0 Å². The molecule has 0 saturated heterocycles. The minimum absolute atomic E-state index is 0.0425. The fourth-order valence-corrected chi connectivity index (χ4v) is 3.08. The molecule has 0 saturated carbocycles. The largest absolute Gasteiger partial charge is 0.476 e. The number of rotatable bonds is 4. The number of carboxylic acids is 1. The molecule has 122 valence electrons. The van der Waals surface area contributed by atoms with Gasteiger partial charge in [0, 0.05) is 21.3 Å². The molecule has 1 atom stereocenters. The van der Waals surface area contributed by atoms with Crippen LogP contribution in [0.1, 0.15) is 27.7 Å². The highest BCUT2D eigenvalue weighted by molar-refractivity contribution is 6.35. The zero-order valence-electron chi connectivity index (χ0n) is 12.2. The third kappa shape index (κ3) is 3.41. The third-order valence-corrected chi connectivity index (χ3v) is 4.35. The number of carboxylic acid groups (broad SMARTS) is 1. The van der Waals surface area contributed by atoms with Gasteiger partial charge in [-0.15, -0.1) is 0 Å². The summed E-state index contributed by atoms with van der Waals surface area (Å²) in [6, 6.07) is 13.4. The van der Waals surface area contributed by atoms with Crippen molar-refractivity contribution in [1.82, 2.24) is 9.78 Å². The van der Waals surface area contributed by atoms with Crippen molar-refractivity contribution < 1.29 is 9.90 Å². The molecule has 1 aromatic heterocycles. The standard InChI is InChI=1S/C17H11Cl3N2O2/c18-11-3-1-10(2-4-11)16(13-6-5-12(19)9-14(13)20)22-8-7-15(21-22)17(23)24/h1-9,16H,(H,23,24). The second-order valence-electron chi connectivity index (χ2n) is 5.11. The van der Waals surface area contributed by atoms with E-state index in [0.29, 0.717) is 15.1 Å². The Hall–Kier alpha value is -2.01. The molecule has 0 aliphatic carbocycles. The lowest BCUT2D eigenvalue weighted by Gasteiger charge is -2.20. The number of hydrogen-bond donors (Lipinski definition) is 1. The van der Waals surface area contributed by atoms with Gasteiger partial charge in [-0.1, -0.05) is 53.0 Å². The molecule has 0 amide bonds. The number of nitrogens with zero attached hydrogens (tertiary/aromatic N) is 2. The van der Waals surface area contributed by atoms with Gasteiger partial charge in [0.2, 0.25) is 0 Å². The Labute approximate surface area is 153 Å². The predicted octanol–water partition coefficient (Wildman–Crippen LogP) is 5.18. The second-order valence-corrected chi connectivity index (χ2v) is 6.39. The van der Waals surface area contributed by atoms with Crippen LogP contribution in [-0.2, 0) is 0 Å². The van der Waals surface area contributed by atoms with E-state index >= 15 is 0 Å². The summed E-state index contributed by atoms with van der Waals surface area (Å²) >= 11 is 18.3. The minimum Gasteiger partial charge on any atom is -0.476 e. The second kappa shape index (κ2) is 6.85. The van der Waals surface area contributed by atoms with Crippen molar-refractivity contribution in [3.05, 3.63) is 86.6 Å². The van der Waals surface area contributed by atoms with Crippen molar-refractivity contribution >= 4 is 40.8 Å². The van der Waals surface area contributed by atoms with E-state index in [2.05, 4.69) is 5.10 Å². The number of carbonyl (C=O) groups is 1. The third-order valence-electron chi connectivity index (χ3n) is 3.53. The van der Waals surface area contributed by atoms with E-state index in [1.807, 2.05) is 12.1 Å². The van der Waals surface area contributed by atoms with Crippen LogP contribution in [0.15, 0.2) is 54.7 Å². The van der Waals surface area contributed by atoms with Crippen molar-refractivity contribution in [3.63, 3.8) is 0 Å². The van der Waals surface area contributed by atoms with Crippen molar-refractivity contribution in [1.29, 1.82) is 0 Å². The molecule has 3 aromatic rings. The monoisotopic (exact) mass is 380 g/mol. The molecule has 0 bridgehead atoms. The molecular weight excluding hydrogens is 371 g/mol. The summed E-state index contributed by atoms with van der Waals surface area (Å²) in [5.41, 5.74) is 1.58. The van der Waals surface area contributed by atoms with E-state index in [1.54, 1.807) is 41.2 Å². The van der Waals surface area contributed by atoms with Gasteiger partial charge in [-0.05, 0) is 41.5 Å². The average Bonchev–Trinajstić information content (AvgIpc) is 3.01. The van der Waals surface area contributed by atoms with Crippen molar-refractivity contribution in [2.45, 2.75) is 6.04 Å². The summed E-state index contributed by atoms with van der Waals surface area (Å²) < 4.78 is 1.56. The maximum Gasteiger partial charge on any atom is 0.356 e. The number of hydrogen-bond acceptors (Lipinski definition) is 2. The highest BCUT2D eigenvalue weighted by Crippen LogP contribution is 2.33. The smallest absolute Gasteiger partial charge is 0.356 e. The van der Waals surface area contributed by atoms with Gasteiger partial charge >= 0.3 is 5.97 Å². The molecule has 7 heteroatoms. The summed E-state index contributed by atoms with van der Waals surface area (Å²) in [5.74, 6) is -1.09. The zero-order chi connectivity index (χ0) is 17.3. The fourth-order valence-electron chi connectivity index (χ4n) is 2.44. The van der Waals surface area contributed by atoms with Crippen LogP contribution in [0.4, 0.5) is 0 Å². The zero-order valence-corrected chi connectivity index (χ0v) is 14.4. The number of aromatic carboxylic acids is 1. The summed E-state index contributed by atoms with van der Waals surface area (Å²) in [6.45, 7) is 0. The Morgan fingerprint density at radius 1 is 1.00 bits per heavy atom. The fraction of sp³-hybridized carbons (Fsp3) is 0.0588. The predicted molar refractivity (Wildman–Crippen MR) is 94.3 cm³/mol. The molecular formula is C17H11Cl3N2O2. The number of aromatic nitrogens is 2. The average molecular weight is 382 g/mol. The van der Waals surface area contributed by atoms with E-state index < -0.39 is 12.0 Å². The van der Waals surface area contributed by atoms with Crippen LogP contribution in [0.2, 0.25) is 15.1 Å². The van der Waals surface area contributed by atoms with Gasteiger partial charge in [-0.2, -0.15) is 5.10 Å². The highest BCUT2D eigenvalue weighted by Gasteiger charge is 2.21. The molecule has 4 nitrogen and oxygen atoms in total. The highest BCUT2D eigenvalue weighted by atomic mass is 35.5. The van der Waals surface area contributed by atoms with Gasteiger partial charge in [0.25, 0.3) is 0 Å². The molecule has 0 aliphatic rings. The first-order valence-electron chi connectivity index (χ1n) is 6.94. The Morgan fingerprint density at radius 2 is 1.67 bits per heavy atom. The van der Waals surface area contributed by atoms with Gasteiger partial charge in [0.05, 0.1) is 0 Å². The maximum atomic E-state index is 11.1. The molecule has 0 radical (unpaired) electrons. The van der Waals surface area contributed by atoms with Crippen LogP contribution < -0.4 is 0 Å². The molecule has 0 fully saturated rings. The Balaban J connectivity index is 2.16.